The molecule has 0 radical (unpaired) electrons. The number of carboxylic acid groups (broad SMARTS) is 1. The first-order valence-electron chi connectivity index (χ1n) is 4.38. The zero-order chi connectivity index (χ0) is 11.2. The predicted octanol–water partition coefficient (Wildman–Crippen LogP) is 0.569. The highest BCUT2D eigenvalue weighted by Crippen LogP contribution is 2.28. The van der Waals surface area contributed by atoms with Gasteiger partial charge in [-0.3, -0.25) is 4.79 Å². The van der Waals surface area contributed by atoms with Gasteiger partial charge in [0, 0.05) is 24.1 Å². The van der Waals surface area contributed by atoms with E-state index in [0.717, 1.165) is 10.0 Å². The molecule has 15 heavy (non-hydrogen) atoms. The highest BCUT2D eigenvalue weighted by atomic mass is 79.9. The average molecular weight is 273 g/mol. The maximum Gasteiger partial charge on any atom is 0.326 e. The van der Waals surface area contributed by atoms with Gasteiger partial charge in [-0.05, 0) is 21.5 Å². The van der Waals surface area contributed by atoms with Gasteiger partial charge >= 0.3 is 5.97 Å². The van der Waals surface area contributed by atoms with Crippen LogP contribution < -0.4 is 10.9 Å². The second kappa shape index (κ2) is 3.37. The van der Waals surface area contributed by atoms with Gasteiger partial charge in [-0.25, -0.2) is 4.79 Å². The number of rotatable bonds is 1. The van der Waals surface area contributed by atoms with E-state index >= 15 is 0 Å². The molecule has 0 aliphatic carbocycles. The van der Waals surface area contributed by atoms with Crippen LogP contribution in [0.15, 0.2) is 15.5 Å². The molecule has 0 saturated heterocycles. The van der Waals surface area contributed by atoms with Gasteiger partial charge in [-0.1, -0.05) is 0 Å². The zero-order valence-corrected chi connectivity index (χ0v) is 9.54. The molecule has 1 aromatic rings. The van der Waals surface area contributed by atoms with E-state index in [9.17, 15) is 9.59 Å². The van der Waals surface area contributed by atoms with Crippen molar-refractivity contribution in [2.75, 3.05) is 5.32 Å². The summed E-state index contributed by atoms with van der Waals surface area (Å²) < 4.78 is 2.18. The van der Waals surface area contributed by atoms with Gasteiger partial charge in [0.15, 0.2) is 0 Å². The molecular weight excluding hydrogens is 264 g/mol. The minimum Gasteiger partial charge on any atom is -0.480 e. The van der Waals surface area contributed by atoms with Gasteiger partial charge in [0.2, 0.25) is 0 Å². The fourth-order valence-electron chi connectivity index (χ4n) is 1.66. The largest absolute Gasteiger partial charge is 0.480 e. The molecular formula is C9H9BrN2O3. The number of pyridine rings is 1. The number of fused-ring (bicyclic) bond motifs is 1. The van der Waals surface area contributed by atoms with E-state index in [4.69, 9.17) is 5.11 Å². The maximum absolute atomic E-state index is 11.7. The molecule has 0 saturated carbocycles. The number of hydrogen-bond donors (Lipinski definition) is 2. The third-order valence-corrected chi connectivity index (χ3v) is 3.14. The lowest BCUT2D eigenvalue weighted by Crippen LogP contribution is -2.28. The lowest BCUT2D eigenvalue weighted by molar-refractivity contribution is -0.137. The molecule has 5 nitrogen and oxygen atoms in total. The van der Waals surface area contributed by atoms with Crippen LogP contribution in [-0.2, 0) is 18.3 Å². The van der Waals surface area contributed by atoms with Crippen LogP contribution in [0.2, 0.25) is 0 Å². The van der Waals surface area contributed by atoms with Crippen molar-refractivity contribution < 1.29 is 9.90 Å². The summed E-state index contributed by atoms with van der Waals surface area (Å²) in [4.78, 5) is 22.5. The Labute approximate surface area is 93.8 Å². The Hall–Kier alpha value is -1.30. The summed E-state index contributed by atoms with van der Waals surface area (Å²) in [7, 11) is 1.63. The van der Waals surface area contributed by atoms with Crippen molar-refractivity contribution in [1.29, 1.82) is 0 Å². The monoisotopic (exact) mass is 272 g/mol. The Morgan fingerprint density at radius 1 is 1.73 bits per heavy atom. The van der Waals surface area contributed by atoms with Crippen molar-refractivity contribution in [3.05, 3.63) is 26.6 Å². The molecule has 1 aliphatic heterocycles. The van der Waals surface area contributed by atoms with Gasteiger partial charge in [-0.15, -0.1) is 0 Å². The quantitative estimate of drug-likeness (QED) is 0.784. The van der Waals surface area contributed by atoms with Gasteiger partial charge in [-0.2, -0.15) is 0 Å². The Balaban J connectivity index is 2.55. The second-order valence-corrected chi connectivity index (χ2v) is 4.34. The lowest BCUT2D eigenvalue weighted by atomic mass is 10.1. The molecule has 0 bridgehead atoms. The van der Waals surface area contributed by atoms with E-state index in [1.807, 2.05) is 0 Å². The number of aryl methyl sites for hydroxylation is 1. The fourth-order valence-corrected chi connectivity index (χ4v) is 2.33. The molecule has 1 aromatic heterocycles. The highest BCUT2D eigenvalue weighted by molar-refractivity contribution is 9.10. The van der Waals surface area contributed by atoms with Gasteiger partial charge < -0.3 is 15.0 Å². The van der Waals surface area contributed by atoms with Crippen LogP contribution in [0.25, 0.3) is 0 Å². The number of anilines is 1. The van der Waals surface area contributed by atoms with Crippen molar-refractivity contribution in [1.82, 2.24) is 4.57 Å². The van der Waals surface area contributed by atoms with E-state index < -0.39 is 12.0 Å². The minimum absolute atomic E-state index is 0.197. The molecule has 0 aromatic carbocycles. The smallest absolute Gasteiger partial charge is 0.326 e. The first-order valence-corrected chi connectivity index (χ1v) is 5.17. The predicted molar refractivity (Wildman–Crippen MR) is 58.1 cm³/mol. The first kappa shape index (κ1) is 10.2. The van der Waals surface area contributed by atoms with E-state index in [-0.39, 0.29) is 5.56 Å². The number of aliphatic carboxylic acids is 1. The maximum atomic E-state index is 11.7. The molecule has 0 fully saturated rings. The number of halogens is 1. The molecule has 2 rings (SSSR count). The molecule has 1 atom stereocenters. The number of carboxylic acids is 1. The topological polar surface area (TPSA) is 71.3 Å². The molecule has 2 N–H and O–H groups in total. The fraction of sp³-hybridized carbons (Fsp3) is 0.333. The molecule has 0 spiro atoms. The van der Waals surface area contributed by atoms with Crippen LogP contribution in [-0.4, -0.2) is 21.7 Å². The summed E-state index contributed by atoms with van der Waals surface area (Å²) in [5.41, 5.74) is 0.932. The van der Waals surface area contributed by atoms with Crippen molar-refractivity contribution in [2.24, 2.45) is 7.05 Å². The summed E-state index contributed by atoms with van der Waals surface area (Å²) in [6, 6.07) is -0.702. The molecule has 1 unspecified atom stereocenters. The minimum atomic E-state index is -0.944. The molecule has 0 amide bonds. The average Bonchev–Trinajstić information content (AvgIpc) is 2.59. The standard InChI is InChI=1S/C9H9BrN2O3/c1-12-3-5(10)4-2-6(9(14)15)11-7(4)8(12)13/h3,6,11H,2H2,1H3,(H,14,15). The van der Waals surface area contributed by atoms with Gasteiger partial charge in [0.1, 0.15) is 11.7 Å². The van der Waals surface area contributed by atoms with E-state index in [2.05, 4.69) is 21.2 Å². The normalized spacial score (nSPS) is 18.4. The molecule has 2 heterocycles. The molecule has 6 heteroatoms. The van der Waals surface area contributed by atoms with E-state index in [0.29, 0.717) is 12.1 Å². The first-order chi connectivity index (χ1) is 7.00. The summed E-state index contributed by atoms with van der Waals surface area (Å²) in [5, 5.41) is 11.6. The number of hydrogen-bond acceptors (Lipinski definition) is 3. The zero-order valence-electron chi connectivity index (χ0n) is 7.95. The lowest BCUT2D eigenvalue weighted by Gasteiger charge is -2.05. The van der Waals surface area contributed by atoms with Gasteiger partial charge in [0.05, 0.1) is 0 Å². The third-order valence-electron chi connectivity index (χ3n) is 2.46. The summed E-state index contributed by atoms with van der Waals surface area (Å²) in [5.74, 6) is -0.944. The van der Waals surface area contributed by atoms with Crippen molar-refractivity contribution in [2.45, 2.75) is 12.5 Å². The van der Waals surface area contributed by atoms with E-state index in [1.165, 1.54) is 4.57 Å². The van der Waals surface area contributed by atoms with Crippen LogP contribution >= 0.6 is 15.9 Å². The highest BCUT2D eigenvalue weighted by Gasteiger charge is 2.30. The van der Waals surface area contributed by atoms with Crippen LogP contribution in [0.3, 0.4) is 0 Å². The summed E-state index contributed by atoms with van der Waals surface area (Å²) >= 11 is 3.32. The van der Waals surface area contributed by atoms with Crippen LogP contribution in [0.4, 0.5) is 5.69 Å². The second-order valence-electron chi connectivity index (χ2n) is 3.49. The van der Waals surface area contributed by atoms with Crippen molar-refractivity contribution in [3.8, 4) is 0 Å². The van der Waals surface area contributed by atoms with Crippen LogP contribution in [0, 0.1) is 0 Å². The Kier molecular flexibility index (Phi) is 2.30. The summed E-state index contributed by atoms with van der Waals surface area (Å²) in [6.45, 7) is 0. The van der Waals surface area contributed by atoms with Crippen LogP contribution in [0.1, 0.15) is 5.56 Å². The number of nitrogens with zero attached hydrogens (tertiary/aromatic N) is 1. The number of aromatic nitrogens is 1. The summed E-state index contributed by atoms with van der Waals surface area (Å²) in [6.07, 6.45) is 1.98. The Bertz CT molecular complexity index is 495. The molecule has 80 valence electrons. The molecule has 1 aliphatic rings. The van der Waals surface area contributed by atoms with Crippen LogP contribution in [0.5, 0.6) is 0 Å². The SMILES string of the molecule is Cn1cc(Br)c2c(c1=O)NC(C(=O)O)C2. The van der Waals surface area contributed by atoms with Gasteiger partial charge in [0.25, 0.3) is 5.56 Å². The van der Waals surface area contributed by atoms with E-state index in [1.54, 1.807) is 13.2 Å². The Morgan fingerprint density at radius 3 is 3.00 bits per heavy atom. The third kappa shape index (κ3) is 1.54. The number of nitrogens with one attached hydrogen (secondary N) is 1. The Morgan fingerprint density at radius 2 is 2.40 bits per heavy atom. The van der Waals surface area contributed by atoms with Crippen molar-refractivity contribution >= 4 is 27.6 Å². The number of carbonyl (C=O) groups is 1. The van der Waals surface area contributed by atoms with Crippen molar-refractivity contribution in [3.63, 3.8) is 0 Å².